The predicted octanol–water partition coefficient (Wildman–Crippen LogP) is 0.152. The first kappa shape index (κ1) is 15.1. The fraction of sp³-hybridized carbons (Fsp3) is 0.273. The van der Waals surface area contributed by atoms with E-state index in [4.69, 9.17) is 5.11 Å². The first-order valence-corrected chi connectivity index (χ1v) is 7.54. The molecule has 0 saturated heterocycles. The molecule has 1 N–H and O–H groups in total. The van der Waals surface area contributed by atoms with Crippen LogP contribution in [0.25, 0.3) is 0 Å². The predicted molar refractivity (Wildman–Crippen MR) is 71.1 cm³/mol. The van der Waals surface area contributed by atoms with E-state index in [2.05, 4.69) is 9.97 Å². The van der Waals surface area contributed by atoms with Gasteiger partial charge >= 0.3 is 5.82 Å². The van der Waals surface area contributed by atoms with E-state index >= 15 is 0 Å². The fourth-order valence-electron chi connectivity index (χ4n) is 1.78. The maximum atomic E-state index is 12.2. The molecule has 0 aliphatic rings. The lowest BCUT2D eigenvalue weighted by Crippen LogP contribution is -2.15. The average molecular weight is 312 g/mol. The molecule has 2 aromatic heterocycles. The summed E-state index contributed by atoms with van der Waals surface area (Å²) in [7, 11) is -3.77. The Balaban J connectivity index is 2.38. The van der Waals surface area contributed by atoms with Crippen molar-refractivity contribution in [1.82, 2.24) is 14.5 Å². The summed E-state index contributed by atoms with van der Waals surface area (Å²) in [4.78, 5) is 17.7. The zero-order valence-corrected chi connectivity index (χ0v) is 11.6. The summed E-state index contributed by atoms with van der Waals surface area (Å²) in [5.41, 5.74) is 0. The minimum absolute atomic E-state index is 0.0126. The van der Waals surface area contributed by atoms with E-state index in [1.807, 2.05) is 0 Å². The standard InChI is InChI=1S/C11H12N4O5S/c16-6-5-14-9(13-7-11(14)15(17)18)8-21(19,20)10-3-1-2-4-12-10/h1-4,7,16H,5-6,8H2. The Hall–Kier alpha value is -2.33. The van der Waals surface area contributed by atoms with Gasteiger partial charge in [-0.05, 0) is 17.1 Å². The maximum Gasteiger partial charge on any atom is 0.342 e. The summed E-state index contributed by atoms with van der Waals surface area (Å²) in [6.45, 7) is -0.475. The maximum absolute atomic E-state index is 12.2. The van der Waals surface area contributed by atoms with Crippen LogP contribution in [-0.4, -0.2) is 39.6 Å². The highest BCUT2D eigenvalue weighted by Crippen LogP contribution is 2.18. The minimum atomic E-state index is -3.77. The molecule has 0 radical (unpaired) electrons. The number of imidazole rings is 1. The summed E-state index contributed by atoms with van der Waals surface area (Å²) >= 11 is 0. The molecule has 10 heteroatoms. The van der Waals surface area contributed by atoms with Crippen molar-refractivity contribution >= 4 is 15.7 Å². The molecule has 2 rings (SSSR count). The molecule has 0 fully saturated rings. The Kier molecular flexibility index (Phi) is 4.29. The van der Waals surface area contributed by atoms with Gasteiger partial charge in [0.2, 0.25) is 15.7 Å². The third kappa shape index (κ3) is 3.23. The fourth-order valence-corrected chi connectivity index (χ4v) is 3.01. The lowest BCUT2D eigenvalue weighted by molar-refractivity contribution is -0.392. The summed E-state index contributed by atoms with van der Waals surface area (Å²) < 4.78 is 25.4. The van der Waals surface area contributed by atoms with Crippen LogP contribution in [0.15, 0.2) is 35.6 Å². The van der Waals surface area contributed by atoms with Gasteiger partial charge in [-0.3, -0.25) is 0 Å². The second kappa shape index (κ2) is 5.97. The van der Waals surface area contributed by atoms with Crippen LogP contribution in [0.1, 0.15) is 5.82 Å². The molecular weight excluding hydrogens is 300 g/mol. The topological polar surface area (TPSA) is 128 Å². The number of hydrogen-bond acceptors (Lipinski definition) is 7. The van der Waals surface area contributed by atoms with Crippen LogP contribution in [0.4, 0.5) is 5.82 Å². The van der Waals surface area contributed by atoms with E-state index < -0.39 is 20.5 Å². The Morgan fingerprint density at radius 3 is 2.67 bits per heavy atom. The molecule has 0 aliphatic carbocycles. The number of hydrogen-bond donors (Lipinski definition) is 1. The number of sulfone groups is 1. The quantitative estimate of drug-likeness (QED) is 0.594. The molecule has 0 amide bonds. The molecule has 0 saturated carbocycles. The van der Waals surface area contributed by atoms with Gasteiger partial charge < -0.3 is 15.2 Å². The number of pyridine rings is 1. The molecule has 0 unspecified atom stereocenters. The number of nitrogens with zero attached hydrogens (tertiary/aromatic N) is 4. The molecule has 21 heavy (non-hydrogen) atoms. The number of aromatic nitrogens is 3. The number of nitro groups is 1. The smallest absolute Gasteiger partial charge is 0.342 e. The van der Waals surface area contributed by atoms with Crippen molar-refractivity contribution in [2.24, 2.45) is 0 Å². The minimum Gasteiger partial charge on any atom is -0.392 e. The molecule has 0 atom stereocenters. The largest absolute Gasteiger partial charge is 0.392 e. The van der Waals surface area contributed by atoms with Gasteiger partial charge in [0.05, 0.1) is 6.61 Å². The van der Waals surface area contributed by atoms with E-state index in [0.717, 1.165) is 10.8 Å². The summed E-state index contributed by atoms with van der Waals surface area (Å²) in [5.74, 6) is -0.908. The van der Waals surface area contributed by atoms with Crippen molar-refractivity contribution in [2.45, 2.75) is 17.3 Å². The van der Waals surface area contributed by atoms with Crippen molar-refractivity contribution in [1.29, 1.82) is 0 Å². The molecule has 0 bridgehead atoms. The van der Waals surface area contributed by atoms with Gasteiger partial charge in [0.15, 0.2) is 5.03 Å². The first-order chi connectivity index (χ1) is 9.95. The molecule has 0 spiro atoms. The summed E-state index contributed by atoms with van der Waals surface area (Å²) in [5, 5.41) is 19.7. The normalized spacial score (nSPS) is 11.5. The second-order valence-electron chi connectivity index (χ2n) is 4.09. The van der Waals surface area contributed by atoms with Crippen LogP contribution in [0.5, 0.6) is 0 Å². The highest BCUT2D eigenvalue weighted by Gasteiger charge is 2.26. The van der Waals surface area contributed by atoms with Crippen molar-refractivity contribution in [3.05, 3.63) is 46.5 Å². The van der Waals surface area contributed by atoms with Gasteiger partial charge in [-0.15, -0.1) is 0 Å². The number of aliphatic hydroxyl groups excluding tert-OH is 1. The van der Waals surface area contributed by atoms with Crippen LogP contribution in [-0.2, 0) is 22.1 Å². The Morgan fingerprint density at radius 1 is 1.33 bits per heavy atom. The molecule has 2 aromatic rings. The van der Waals surface area contributed by atoms with Crippen LogP contribution in [0.2, 0.25) is 0 Å². The van der Waals surface area contributed by atoms with Gasteiger partial charge in [0.1, 0.15) is 18.5 Å². The molecular formula is C11H12N4O5S. The lowest BCUT2D eigenvalue weighted by Gasteiger charge is -2.04. The first-order valence-electron chi connectivity index (χ1n) is 5.89. The van der Waals surface area contributed by atoms with Crippen molar-refractivity contribution < 1.29 is 18.4 Å². The Bertz CT molecular complexity index is 741. The monoisotopic (exact) mass is 312 g/mol. The lowest BCUT2D eigenvalue weighted by atomic mass is 10.5. The van der Waals surface area contributed by atoms with E-state index in [0.29, 0.717) is 0 Å². The zero-order chi connectivity index (χ0) is 15.5. The number of aliphatic hydroxyl groups is 1. The third-order valence-electron chi connectivity index (χ3n) is 2.70. The van der Waals surface area contributed by atoms with Gasteiger partial charge in [-0.1, -0.05) is 6.07 Å². The molecule has 2 heterocycles. The van der Waals surface area contributed by atoms with E-state index in [-0.39, 0.29) is 29.8 Å². The SMILES string of the molecule is O=[N+]([O-])c1cnc(CS(=O)(=O)c2ccccn2)n1CCO. The van der Waals surface area contributed by atoms with Gasteiger partial charge in [0.25, 0.3) is 0 Å². The van der Waals surface area contributed by atoms with Crippen LogP contribution in [0, 0.1) is 10.1 Å². The highest BCUT2D eigenvalue weighted by atomic mass is 32.2. The van der Waals surface area contributed by atoms with E-state index in [1.54, 1.807) is 6.07 Å². The van der Waals surface area contributed by atoms with E-state index in [9.17, 15) is 18.5 Å². The third-order valence-corrected chi connectivity index (χ3v) is 4.22. The summed E-state index contributed by atoms with van der Waals surface area (Å²) in [6, 6.07) is 4.45. The van der Waals surface area contributed by atoms with Crippen molar-refractivity contribution in [3.63, 3.8) is 0 Å². The summed E-state index contributed by atoms with van der Waals surface area (Å²) in [6.07, 6.45) is 2.31. The Labute approximate surface area is 120 Å². The molecule has 0 aliphatic heterocycles. The molecule has 9 nitrogen and oxygen atoms in total. The van der Waals surface area contributed by atoms with Crippen LogP contribution >= 0.6 is 0 Å². The van der Waals surface area contributed by atoms with Crippen molar-refractivity contribution in [2.75, 3.05) is 6.61 Å². The highest BCUT2D eigenvalue weighted by molar-refractivity contribution is 7.90. The second-order valence-corrected chi connectivity index (χ2v) is 6.03. The van der Waals surface area contributed by atoms with Crippen molar-refractivity contribution in [3.8, 4) is 0 Å². The van der Waals surface area contributed by atoms with E-state index in [1.165, 1.54) is 18.3 Å². The number of rotatable bonds is 6. The Morgan fingerprint density at radius 2 is 2.10 bits per heavy atom. The van der Waals surface area contributed by atoms with Crippen LogP contribution < -0.4 is 0 Å². The molecule has 112 valence electrons. The van der Waals surface area contributed by atoms with Gasteiger partial charge in [-0.25, -0.2) is 23.0 Å². The average Bonchev–Trinajstić information content (AvgIpc) is 2.83. The molecule has 0 aromatic carbocycles. The zero-order valence-electron chi connectivity index (χ0n) is 10.8. The van der Waals surface area contributed by atoms with Gasteiger partial charge in [0, 0.05) is 6.20 Å². The van der Waals surface area contributed by atoms with Crippen LogP contribution in [0.3, 0.4) is 0 Å². The van der Waals surface area contributed by atoms with Gasteiger partial charge in [-0.2, -0.15) is 0 Å².